The SMILES string of the molecule is CC(C)c1nn(-c2cc(F)c(F)cc2F)c(Cl)c1C#N. The molecule has 3 nitrogen and oxygen atoms in total. The van der Waals surface area contributed by atoms with Crippen molar-refractivity contribution in [1.29, 1.82) is 5.26 Å². The topological polar surface area (TPSA) is 41.6 Å². The number of rotatable bonds is 2. The summed E-state index contributed by atoms with van der Waals surface area (Å²) in [5, 5.41) is 12.9. The minimum absolute atomic E-state index is 0.0887. The zero-order valence-corrected chi connectivity index (χ0v) is 11.3. The van der Waals surface area contributed by atoms with Gasteiger partial charge < -0.3 is 0 Å². The molecule has 0 spiro atoms. The van der Waals surface area contributed by atoms with E-state index in [1.807, 2.05) is 6.07 Å². The van der Waals surface area contributed by atoms with Crippen molar-refractivity contribution in [2.24, 2.45) is 0 Å². The minimum atomic E-state index is -1.31. The lowest BCUT2D eigenvalue weighted by molar-refractivity contribution is 0.491. The van der Waals surface area contributed by atoms with Crippen molar-refractivity contribution in [3.63, 3.8) is 0 Å². The summed E-state index contributed by atoms with van der Waals surface area (Å²) in [5.41, 5.74) is 0.102. The Bertz CT molecular complexity index is 717. The fraction of sp³-hybridized carbons (Fsp3) is 0.231. The third-order valence-corrected chi connectivity index (χ3v) is 3.08. The Morgan fingerprint density at radius 1 is 1.20 bits per heavy atom. The van der Waals surface area contributed by atoms with E-state index in [1.54, 1.807) is 13.8 Å². The highest BCUT2D eigenvalue weighted by atomic mass is 35.5. The van der Waals surface area contributed by atoms with E-state index in [-0.39, 0.29) is 22.3 Å². The number of nitrogens with zero attached hydrogens (tertiary/aromatic N) is 3. The van der Waals surface area contributed by atoms with Crippen molar-refractivity contribution >= 4 is 11.6 Å². The molecule has 0 aliphatic rings. The Kier molecular flexibility index (Phi) is 3.73. The second-order valence-electron chi connectivity index (χ2n) is 4.45. The van der Waals surface area contributed by atoms with Crippen LogP contribution in [0.4, 0.5) is 13.2 Å². The Balaban J connectivity index is 2.72. The maximum Gasteiger partial charge on any atom is 0.161 e. The summed E-state index contributed by atoms with van der Waals surface area (Å²) in [5.74, 6) is -3.68. The summed E-state index contributed by atoms with van der Waals surface area (Å²) >= 11 is 5.97. The van der Waals surface area contributed by atoms with Crippen LogP contribution in [0.1, 0.15) is 31.0 Å². The van der Waals surface area contributed by atoms with Gasteiger partial charge in [0.2, 0.25) is 0 Å². The van der Waals surface area contributed by atoms with Crippen LogP contribution in [0.3, 0.4) is 0 Å². The standard InChI is InChI=1S/C13H9ClF3N3/c1-6(2)12-7(5-18)13(14)20(19-12)11-4-9(16)8(15)3-10(11)17/h3-4,6H,1-2H3. The molecule has 1 aromatic carbocycles. The van der Waals surface area contributed by atoms with Crippen LogP contribution in [0.25, 0.3) is 5.69 Å². The van der Waals surface area contributed by atoms with Crippen LogP contribution in [0.2, 0.25) is 5.15 Å². The van der Waals surface area contributed by atoms with Gasteiger partial charge in [0.15, 0.2) is 22.6 Å². The van der Waals surface area contributed by atoms with Crippen molar-refractivity contribution in [2.75, 3.05) is 0 Å². The van der Waals surface area contributed by atoms with Gasteiger partial charge in [-0.25, -0.2) is 17.9 Å². The first-order valence-electron chi connectivity index (χ1n) is 5.70. The third kappa shape index (κ3) is 2.25. The van der Waals surface area contributed by atoms with Crippen LogP contribution in [0.5, 0.6) is 0 Å². The van der Waals surface area contributed by atoms with Crippen LogP contribution in [0.15, 0.2) is 12.1 Å². The molecule has 0 atom stereocenters. The van der Waals surface area contributed by atoms with Crippen LogP contribution in [-0.2, 0) is 0 Å². The van der Waals surface area contributed by atoms with Crippen LogP contribution in [-0.4, -0.2) is 9.78 Å². The fourth-order valence-corrected chi connectivity index (χ4v) is 2.02. The summed E-state index contributed by atoms with van der Waals surface area (Å²) < 4.78 is 40.8. The highest BCUT2D eigenvalue weighted by Crippen LogP contribution is 2.29. The van der Waals surface area contributed by atoms with Gasteiger partial charge in [-0.2, -0.15) is 10.4 Å². The van der Waals surface area contributed by atoms with Gasteiger partial charge in [0, 0.05) is 12.1 Å². The van der Waals surface area contributed by atoms with E-state index >= 15 is 0 Å². The lowest BCUT2D eigenvalue weighted by Crippen LogP contribution is -2.03. The van der Waals surface area contributed by atoms with Gasteiger partial charge in [0.1, 0.15) is 17.3 Å². The van der Waals surface area contributed by atoms with Crippen LogP contribution in [0, 0.1) is 28.8 Å². The molecule has 0 aliphatic heterocycles. The van der Waals surface area contributed by atoms with Crippen molar-refractivity contribution in [3.05, 3.63) is 46.0 Å². The van der Waals surface area contributed by atoms with Crippen molar-refractivity contribution in [1.82, 2.24) is 9.78 Å². The van der Waals surface area contributed by atoms with Gasteiger partial charge >= 0.3 is 0 Å². The molecule has 1 heterocycles. The second kappa shape index (κ2) is 5.17. The molecule has 104 valence electrons. The zero-order chi connectivity index (χ0) is 15.0. The maximum atomic E-state index is 13.7. The van der Waals surface area contributed by atoms with E-state index in [0.29, 0.717) is 17.8 Å². The van der Waals surface area contributed by atoms with E-state index in [4.69, 9.17) is 16.9 Å². The molecular weight excluding hydrogens is 291 g/mol. The monoisotopic (exact) mass is 299 g/mol. The Labute approximate surface area is 118 Å². The molecule has 0 fully saturated rings. The highest BCUT2D eigenvalue weighted by Gasteiger charge is 2.22. The zero-order valence-electron chi connectivity index (χ0n) is 10.6. The molecule has 0 unspecified atom stereocenters. The highest BCUT2D eigenvalue weighted by molar-refractivity contribution is 6.31. The van der Waals surface area contributed by atoms with Crippen LogP contribution >= 0.6 is 11.6 Å². The molecule has 0 bridgehead atoms. The van der Waals surface area contributed by atoms with E-state index in [2.05, 4.69) is 5.10 Å². The quantitative estimate of drug-likeness (QED) is 0.788. The predicted molar refractivity (Wildman–Crippen MR) is 67.3 cm³/mol. The van der Waals surface area contributed by atoms with Crippen molar-refractivity contribution in [3.8, 4) is 11.8 Å². The van der Waals surface area contributed by atoms with Gasteiger partial charge in [-0.1, -0.05) is 25.4 Å². The molecule has 2 rings (SSSR count). The number of aromatic nitrogens is 2. The summed E-state index contributed by atoms with van der Waals surface area (Å²) in [6, 6.07) is 2.93. The molecule has 0 amide bonds. The summed E-state index contributed by atoms with van der Waals surface area (Å²) in [6.45, 7) is 3.57. The summed E-state index contributed by atoms with van der Waals surface area (Å²) in [6.07, 6.45) is 0. The number of hydrogen-bond acceptors (Lipinski definition) is 2. The van der Waals surface area contributed by atoms with E-state index in [0.717, 1.165) is 4.68 Å². The van der Waals surface area contributed by atoms with E-state index < -0.39 is 17.5 Å². The smallest absolute Gasteiger partial charge is 0.161 e. The summed E-state index contributed by atoms with van der Waals surface area (Å²) in [7, 11) is 0. The first-order chi connectivity index (χ1) is 9.36. The van der Waals surface area contributed by atoms with E-state index in [1.165, 1.54) is 0 Å². The average molecular weight is 300 g/mol. The van der Waals surface area contributed by atoms with Crippen molar-refractivity contribution < 1.29 is 13.2 Å². The maximum absolute atomic E-state index is 13.7. The number of benzene rings is 1. The number of hydrogen-bond donors (Lipinski definition) is 0. The minimum Gasteiger partial charge on any atom is -0.217 e. The van der Waals surface area contributed by atoms with Crippen molar-refractivity contribution in [2.45, 2.75) is 19.8 Å². The molecule has 20 heavy (non-hydrogen) atoms. The molecule has 0 aliphatic carbocycles. The molecule has 0 N–H and O–H groups in total. The van der Waals surface area contributed by atoms with Gasteiger partial charge in [0.05, 0.1) is 5.69 Å². The number of nitriles is 1. The molecular formula is C13H9ClF3N3. The molecule has 0 saturated carbocycles. The second-order valence-corrected chi connectivity index (χ2v) is 4.81. The largest absolute Gasteiger partial charge is 0.217 e. The third-order valence-electron chi connectivity index (χ3n) is 2.73. The normalized spacial score (nSPS) is 10.9. The molecule has 1 aromatic heterocycles. The fourth-order valence-electron chi connectivity index (χ4n) is 1.75. The molecule has 7 heteroatoms. The molecule has 2 aromatic rings. The van der Waals surface area contributed by atoms with Gasteiger partial charge in [-0.3, -0.25) is 0 Å². The summed E-state index contributed by atoms with van der Waals surface area (Å²) in [4.78, 5) is 0. The first kappa shape index (κ1) is 14.4. The lowest BCUT2D eigenvalue weighted by Gasteiger charge is -2.05. The van der Waals surface area contributed by atoms with Crippen LogP contribution < -0.4 is 0 Å². The molecule has 0 radical (unpaired) electrons. The van der Waals surface area contributed by atoms with E-state index in [9.17, 15) is 13.2 Å². The predicted octanol–water partition coefficient (Wildman–Crippen LogP) is 3.94. The first-order valence-corrected chi connectivity index (χ1v) is 6.08. The Morgan fingerprint density at radius 3 is 2.30 bits per heavy atom. The lowest BCUT2D eigenvalue weighted by atomic mass is 10.1. The van der Waals surface area contributed by atoms with Gasteiger partial charge in [-0.05, 0) is 5.92 Å². The average Bonchev–Trinajstić information content (AvgIpc) is 2.71. The van der Waals surface area contributed by atoms with Gasteiger partial charge in [-0.15, -0.1) is 0 Å². The molecule has 0 saturated heterocycles. The van der Waals surface area contributed by atoms with Gasteiger partial charge in [0.25, 0.3) is 0 Å². The Morgan fingerprint density at radius 2 is 1.80 bits per heavy atom. The Hall–Kier alpha value is -2.00. The number of halogens is 4.